The number of halogens is 2. The minimum absolute atomic E-state index is 0.211. The number of nitrogens with one attached hydrogen (secondary N) is 1. The summed E-state index contributed by atoms with van der Waals surface area (Å²) < 4.78 is 0. The van der Waals surface area contributed by atoms with E-state index in [4.69, 9.17) is 28.9 Å². The van der Waals surface area contributed by atoms with Gasteiger partial charge in [-0.3, -0.25) is 0 Å². The minimum Gasteiger partial charge on any atom is -0.368 e. The van der Waals surface area contributed by atoms with Gasteiger partial charge in [-0.1, -0.05) is 23.2 Å². The zero-order chi connectivity index (χ0) is 12.4. The van der Waals surface area contributed by atoms with Gasteiger partial charge in [0.2, 0.25) is 5.95 Å². The summed E-state index contributed by atoms with van der Waals surface area (Å²) in [6, 6.07) is 5.18. The van der Waals surface area contributed by atoms with Gasteiger partial charge in [-0.2, -0.15) is 4.98 Å². The molecule has 0 unspecified atom stereocenters. The summed E-state index contributed by atoms with van der Waals surface area (Å²) in [5, 5.41) is 4.19. The van der Waals surface area contributed by atoms with Crippen LogP contribution in [0.2, 0.25) is 10.0 Å². The maximum atomic E-state index is 6.05. The highest BCUT2D eigenvalue weighted by Gasteiger charge is 2.05. The molecule has 6 heteroatoms. The van der Waals surface area contributed by atoms with Crippen molar-refractivity contribution in [1.82, 2.24) is 9.97 Å². The average Bonchev–Trinajstić information content (AvgIpc) is 2.27. The van der Waals surface area contributed by atoms with Gasteiger partial charge in [0.05, 0.1) is 10.7 Å². The monoisotopic (exact) mass is 268 g/mol. The van der Waals surface area contributed by atoms with Crippen LogP contribution < -0.4 is 11.1 Å². The molecule has 0 bridgehead atoms. The van der Waals surface area contributed by atoms with Crippen molar-refractivity contribution in [3.63, 3.8) is 0 Å². The van der Waals surface area contributed by atoms with Crippen molar-refractivity contribution < 1.29 is 0 Å². The van der Waals surface area contributed by atoms with Gasteiger partial charge in [-0.05, 0) is 25.1 Å². The molecule has 1 heterocycles. The summed E-state index contributed by atoms with van der Waals surface area (Å²) in [5.41, 5.74) is 7.13. The first-order valence-corrected chi connectivity index (χ1v) is 5.63. The Hall–Kier alpha value is -1.52. The lowest BCUT2D eigenvalue weighted by Gasteiger charge is -2.10. The first kappa shape index (κ1) is 12.0. The van der Waals surface area contributed by atoms with Crippen LogP contribution in [0.5, 0.6) is 0 Å². The van der Waals surface area contributed by atoms with Gasteiger partial charge in [0.25, 0.3) is 0 Å². The fourth-order valence-corrected chi connectivity index (χ4v) is 1.76. The van der Waals surface area contributed by atoms with E-state index in [2.05, 4.69) is 15.3 Å². The third-order valence-corrected chi connectivity index (χ3v) is 2.72. The number of hydrogen-bond donors (Lipinski definition) is 2. The van der Waals surface area contributed by atoms with Crippen molar-refractivity contribution in [3.05, 3.63) is 40.0 Å². The molecule has 1 aromatic heterocycles. The second-order valence-electron chi connectivity index (χ2n) is 3.51. The fourth-order valence-electron chi connectivity index (χ4n) is 1.30. The fraction of sp³-hybridized carbons (Fsp3) is 0.0909. The highest BCUT2D eigenvalue weighted by molar-refractivity contribution is 6.36. The number of rotatable bonds is 2. The van der Waals surface area contributed by atoms with Gasteiger partial charge in [0.1, 0.15) is 5.82 Å². The normalized spacial score (nSPS) is 10.3. The Morgan fingerprint density at radius 1 is 1.29 bits per heavy atom. The van der Waals surface area contributed by atoms with E-state index in [1.807, 2.05) is 6.92 Å². The number of benzene rings is 1. The quantitative estimate of drug-likeness (QED) is 0.876. The van der Waals surface area contributed by atoms with Crippen LogP contribution in [0.4, 0.5) is 17.5 Å². The Balaban J connectivity index is 2.34. The van der Waals surface area contributed by atoms with E-state index >= 15 is 0 Å². The highest BCUT2D eigenvalue weighted by Crippen LogP contribution is 2.28. The lowest BCUT2D eigenvalue weighted by Crippen LogP contribution is -2.02. The zero-order valence-electron chi connectivity index (χ0n) is 9.04. The Labute approximate surface area is 109 Å². The Morgan fingerprint density at radius 3 is 2.76 bits per heavy atom. The van der Waals surface area contributed by atoms with Crippen LogP contribution in [0.1, 0.15) is 5.56 Å². The Morgan fingerprint density at radius 2 is 2.06 bits per heavy atom. The predicted octanol–water partition coefficient (Wildman–Crippen LogP) is 3.42. The maximum Gasteiger partial charge on any atom is 0.221 e. The Kier molecular flexibility index (Phi) is 3.36. The molecule has 0 radical (unpaired) electrons. The van der Waals surface area contributed by atoms with Crippen LogP contribution in [-0.4, -0.2) is 9.97 Å². The van der Waals surface area contributed by atoms with E-state index < -0.39 is 0 Å². The first-order valence-electron chi connectivity index (χ1n) is 4.87. The third kappa shape index (κ3) is 2.78. The SMILES string of the molecule is Cc1cnc(N)nc1Nc1ccc(Cl)cc1Cl. The van der Waals surface area contributed by atoms with E-state index in [0.29, 0.717) is 15.9 Å². The molecule has 2 rings (SSSR count). The predicted molar refractivity (Wildman–Crippen MR) is 70.9 cm³/mol. The number of anilines is 3. The number of aromatic nitrogens is 2. The lowest BCUT2D eigenvalue weighted by molar-refractivity contribution is 1.15. The molecular weight excluding hydrogens is 259 g/mol. The summed E-state index contributed by atoms with van der Waals surface area (Å²) in [6.45, 7) is 1.88. The molecule has 0 spiro atoms. The van der Waals surface area contributed by atoms with E-state index in [-0.39, 0.29) is 5.95 Å². The molecule has 0 aliphatic rings. The number of nitrogen functional groups attached to an aromatic ring is 1. The molecule has 0 amide bonds. The standard InChI is InChI=1S/C11H10Cl2N4/c1-6-5-15-11(14)17-10(6)16-9-3-2-7(12)4-8(9)13/h2-5H,1H3,(H3,14,15,16,17). The minimum atomic E-state index is 0.211. The summed E-state index contributed by atoms with van der Waals surface area (Å²) in [7, 11) is 0. The molecule has 88 valence electrons. The van der Waals surface area contributed by atoms with E-state index in [1.165, 1.54) is 0 Å². The van der Waals surface area contributed by atoms with Crippen LogP contribution in [0, 0.1) is 6.92 Å². The number of nitrogens with two attached hydrogens (primary N) is 1. The van der Waals surface area contributed by atoms with Gasteiger partial charge < -0.3 is 11.1 Å². The van der Waals surface area contributed by atoms with Crippen molar-refractivity contribution in [2.24, 2.45) is 0 Å². The van der Waals surface area contributed by atoms with Crippen molar-refractivity contribution in [2.45, 2.75) is 6.92 Å². The van der Waals surface area contributed by atoms with Crippen LogP contribution in [0.15, 0.2) is 24.4 Å². The summed E-state index contributed by atoms with van der Waals surface area (Å²) in [4.78, 5) is 7.99. The number of nitrogens with zero attached hydrogens (tertiary/aromatic N) is 2. The average molecular weight is 269 g/mol. The molecule has 1 aromatic carbocycles. The highest BCUT2D eigenvalue weighted by atomic mass is 35.5. The molecule has 3 N–H and O–H groups in total. The largest absolute Gasteiger partial charge is 0.368 e. The Bertz CT molecular complexity index is 557. The molecule has 0 saturated heterocycles. The van der Waals surface area contributed by atoms with Crippen LogP contribution in [-0.2, 0) is 0 Å². The summed E-state index contributed by atoms with van der Waals surface area (Å²) in [5.74, 6) is 0.838. The molecule has 0 aliphatic heterocycles. The molecule has 4 nitrogen and oxygen atoms in total. The molecular formula is C11H10Cl2N4. The van der Waals surface area contributed by atoms with Gasteiger partial charge in [0.15, 0.2) is 0 Å². The summed E-state index contributed by atoms with van der Waals surface area (Å²) in [6.07, 6.45) is 1.65. The zero-order valence-corrected chi connectivity index (χ0v) is 10.5. The van der Waals surface area contributed by atoms with Crippen molar-refractivity contribution in [2.75, 3.05) is 11.1 Å². The third-order valence-electron chi connectivity index (χ3n) is 2.17. The van der Waals surface area contributed by atoms with Crippen molar-refractivity contribution in [3.8, 4) is 0 Å². The molecule has 17 heavy (non-hydrogen) atoms. The first-order chi connectivity index (χ1) is 8.06. The van der Waals surface area contributed by atoms with Crippen molar-refractivity contribution in [1.29, 1.82) is 0 Å². The molecule has 0 fully saturated rings. The molecule has 0 saturated carbocycles. The van der Waals surface area contributed by atoms with Gasteiger partial charge in [-0.25, -0.2) is 4.98 Å². The van der Waals surface area contributed by atoms with Crippen LogP contribution in [0.25, 0.3) is 0 Å². The second kappa shape index (κ2) is 4.77. The second-order valence-corrected chi connectivity index (χ2v) is 4.35. The molecule has 2 aromatic rings. The molecule has 0 atom stereocenters. The van der Waals surface area contributed by atoms with Gasteiger partial charge in [-0.15, -0.1) is 0 Å². The van der Waals surface area contributed by atoms with E-state index in [9.17, 15) is 0 Å². The maximum absolute atomic E-state index is 6.05. The summed E-state index contributed by atoms with van der Waals surface area (Å²) >= 11 is 11.9. The topological polar surface area (TPSA) is 63.8 Å². The smallest absolute Gasteiger partial charge is 0.221 e. The van der Waals surface area contributed by atoms with Gasteiger partial charge in [0, 0.05) is 16.8 Å². The van der Waals surface area contributed by atoms with E-state index in [1.54, 1.807) is 24.4 Å². The van der Waals surface area contributed by atoms with Gasteiger partial charge >= 0.3 is 0 Å². The lowest BCUT2D eigenvalue weighted by atomic mass is 10.3. The van der Waals surface area contributed by atoms with E-state index in [0.717, 1.165) is 11.3 Å². The van der Waals surface area contributed by atoms with Crippen LogP contribution >= 0.6 is 23.2 Å². The molecule has 0 aliphatic carbocycles. The number of aryl methyl sites for hydroxylation is 1. The van der Waals surface area contributed by atoms with Crippen molar-refractivity contribution >= 4 is 40.7 Å². The van der Waals surface area contributed by atoms with Crippen LogP contribution in [0.3, 0.4) is 0 Å². The number of hydrogen-bond acceptors (Lipinski definition) is 4.